The molecule has 0 heteroatoms. The van der Waals surface area contributed by atoms with Crippen molar-refractivity contribution in [3.63, 3.8) is 0 Å². The Balaban J connectivity index is 2.83. The Hall–Kier alpha value is -1.00. The van der Waals surface area contributed by atoms with Gasteiger partial charge in [-0.3, -0.25) is 0 Å². The Morgan fingerprint density at radius 2 is 2.11 bits per heavy atom. The topological polar surface area (TPSA) is 0 Å². The average Bonchev–Trinajstić information content (AvgIpc) is 1.91. The van der Waals surface area contributed by atoms with Crippen LogP contribution in [-0.4, -0.2) is 0 Å². The van der Waals surface area contributed by atoms with Gasteiger partial charge in [0.25, 0.3) is 0 Å². The standard InChI is InChI=1S/C9H10/c1-2-6-9-7-4-3-5-8-9/h2,4-5,7-8H,3H2,1H3. The van der Waals surface area contributed by atoms with Crippen LogP contribution in [0.4, 0.5) is 0 Å². The molecule has 0 N–H and O–H groups in total. The highest BCUT2D eigenvalue weighted by atomic mass is 13.9. The highest BCUT2D eigenvalue weighted by Gasteiger charge is 1.85. The van der Waals surface area contributed by atoms with Crippen LogP contribution in [0.5, 0.6) is 0 Å². The van der Waals surface area contributed by atoms with Crippen LogP contribution >= 0.6 is 0 Å². The van der Waals surface area contributed by atoms with Gasteiger partial charge >= 0.3 is 0 Å². The van der Waals surface area contributed by atoms with Crippen molar-refractivity contribution < 1.29 is 0 Å². The molecule has 0 saturated carbocycles. The summed E-state index contributed by atoms with van der Waals surface area (Å²) in [6, 6.07) is 0. The summed E-state index contributed by atoms with van der Waals surface area (Å²) in [5.41, 5.74) is 4.27. The second-order valence-electron chi connectivity index (χ2n) is 1.93. The first-order valence-corrected chi connectivity index (χ1v) is 3.18. The van der Waals surface area contributed by atoms with Crippen LogP contribution in [0.2, 0.25) is 0 Å². The van der Waals surface area contributed by atoms with Crippen molar-refractivity contribution in [1.29, 1.82) is 0 Å². The van der Waals surface area contributed by atoms with Gasteiger partial charge in [-0.25, -0.2) is 0 Å². The predicted octanol–water partition coefficient (Wildman–Crippen LogP) is 2.60. The fourth-order valence-electron chi connectivity index (χ4n) is 0.787. The van der Waals surface area contributed by atoms with E-state index in [9.17, 15) is 0 Å². The second kappa shape index (κ2) is 3.11. The van der Waals surface area contributed by atoms with Gasteiger partial charge in [0.2, 0.25) is 0 Å². The first kappa shape index (κ1) is 6.12. The second-order valence-corrected chi connectivity index (χ2v) is 1.93. The number of hydrogen-bond donors (Lipinski definition) is 0. The maximum atomic E-state index is 3.10. The van der Waals surface area contributed by atoms with Crippen molar-refractivity contribution in [2.45, 2.75) is 13.3 Å². The lowest BCUT2D eigenvalue weighted by atomic mass is 10.1. The molecule has 0 atom stereocenters. The van der Waals surface area contributed by atoms with Gasteiger partial charge in [-0.1, -0.05) is 24.3 Å². The van der Waals surface area contributed by atoms with E-state index in [0.717, 1.165) is 6.42 Å². The summed E-state index contributed by atoms with van der Waals surface area (Å²) in [4.78, 5) is 0. The quantitative estimate of drug-likeness (QED) is 0.429. The van der Waals surface area contributed by atoms with Gasteiger partial charge in [0.05, 0.1) is 0 Å². The molecule has 0 spiro atoms. The van der Waals surface area contributed by atoms with Crippen molar-refractivity contribution in [2.24, 2.45) is 0 Å². The molecule has 1 aliphatic rings. The molecule has 0 aromatic heterocycles. The van der Waals surface area contributed by atoms with Gasteiger partial charge in [0.1, 0.15) is 0 Å². The molecule has 0 saturated heterocycles. The Kier molecular flexibility index (Phi) is 2.12. The molecule has 0 fully saturated rings. The Bertz CT molecular complexity index is 184. The first-order chi connectivity index (χ1) is 4.43. The fourth-order valence-corrected chi connectivity index (χ4v) is 0.787. The fraction of sp³-hybridized carbons (Fsp3) is 0.222. The molecule has 46 valence electrons. The molecular formula is C9H10. The van der Waals surface area contributed by atoms with Crippen LogP contribution < -0.4 is 0 Å². The van der Waals surface area contributed by atoms with Crippen molar-refractivity contribution in [2.75, 3.05) is 0 Å². The largest absolute Gasteiger partial charge is 0.118 e. The summed E-state index contributed by atoms with van der Waals surface area (Å²) in [6.45, 7) is 1.98. The van der Waals surface area contributed by atoms with Gasteiger partial charge in [0.15, 0.2) is 0 Å². The molecule has 0 unspecified atom stereocenters. The lowest BCUT2D eigenvalue weighted by Crippen LogP contribution is -1.73. The molecule has 1 rings (SSSR count). The molecule has 0 heterocycles. The SMILES string of the molecule is CC=C=C1C=CCC=C1. The summed E-state index contributed by atoms with van der Waals surface area (Å²) < 4.78 is 0. The summed E-state index contributed by atoms with van der Waals surface area (Å²) in [7, 11) is 0. The van der Waals surface area contributed by atoms with Gasteiger partial charge in [0, 0.05) is 5.57 Å². The molecule has 9 heavy (non-hydrogen) atoms. The predicted molar refractivity (Wildman–Crippen MR) is 40.2 cm³/mol. The van der Waals surface area contributed by atoms with Gasteiger partial charge in [-0.15, -0.1) is 5.73 Å². The highest BCUT2D eigenvalue weighted by Crippen LogP contribution is 2.05. The zero-order valence-corrected chi connectivity index (χ0v) is 5.59. The van der Waals surface area contributed by atoms with Crippen LogP contribution in [0.3, 0.4) is 0 Å². The van der Waals surface area contributed by atoms with E-state index >= 15 is 0 Å². The molecule has 0 aromatic carbocycles. The minimum Gasteiger partial charge on any atom is -0.118 e. The molecule has 0 aliphatic heterocycles. The molecule has 0 bridgehead atoms. The van der Waals surface area contributed by atoms with E-state index in [1.807, 2.05) is 13.0 Å². The van der Waals surface area contributed by atoms with E-state index in [4.69, 9.17) is 0 Å². The Morgan fingerprint density at radius 3 is 2.67 bits per heavy atom. The average molecular weight is 118 g/mol. The summed E-state index contributed by atoms with van der Waals surface area (Å²) in [6.07, 6.45) is 11.4. The van der Waals surface area contributed by atoms with Gasteiger partial charge < -0.3 is 0 Å². The van der Waals surface area contributed by atoms with Crippen LogP contribution in [-0.2, 0) is 0 Å². The van der Waals surface area contributed by atoms with Crippen LogP contribution in [0.25, 0.3) is 0 Å². The van der Waals surface area contributed by atoms with Crippen molar-refractivity contribution in [1.82, 2.24) is 0 Å². The normalized spacial score (nSPS) is 15.4. The molecule has 1 aliphatic carbocycles. The van der Waals surface area contributed by atoms with Crippen LogP contribution in [0.15, 0.2) is 41.7 Å². The van der Waals surface area contributed by atoms with E-state index in [-0.39, 0.29) is 0 Å². The minimum absolute atomic E-state index is 1.06. The smallest absolute Gasteiger partial charge is 0.0154 e. The van der Waals surface area contributed by atoms with E-state index in [0.29, 0.717) is 0 Å². The van der Waals surface area contributed by atoms with E-state index < -0.39 is 0 Å². The third-order valence-corrected chi connectivity index (χ3v) is 1.18. The first-order valence-electron chi connectivity index (χ1n) is 3.18. The number of hydrogen-bond acceptors (Lipinski definition) is 0. The van der Waals surface area contributed by atoms with E-state index in [1.54, 1.807) is 0 Å². The van der Waals surface area contributed by atoms with Gasteiger partial charge in [-0.05, 0) is 19.4 Å². The minimum atomic E-state index is 1.06. The van der Waals surface area contributed by atoms with Gasteiger partial charge in [-0.2, -0.15) is 0 Å². The van der Waals surface area contributed by atoms with Crippen molar-refractivity contribution in [3.8, 4) is 0 Å². The maximum Gasteiger partial charge on any atom is 0.0154 e. The zero-order chi connectivity index (χ0) is 6.53. The van der Waals surface area contributed by atoms with E-state index in [2.05, 4.69) is 30.0 Å². The number of rotatable bonds is 0. The lowest BCUT2D eigenvalue weighted by Gasteiger charge is -1.93. The highest BCUT2D eigenvalue weighted by molar-refractivity contribution is 5.33. The van der Waals surface area contributed by atoms with Crippen LogP contribution in [0, 0.1) is 0 Å². The third kappa shape index (κ3) is 1.75. The van der Waals surface area contributed by atoms with Crippen molar-refractivity contribution in [3.05, 3.63) is 41.7 Å². The number of allylic oxidation sites excluding steroid dienone is 5. The zero-order valence-electron chi connectivity index (χ0n) is 5.59. The molecular weight excluding hydrogens is 108 g/mol. The third-order valence-electron chi connectivity index (χ3n) is 1.18. The molecule has 0 nitrogen and oxygen atoms in total. The molecule has 0 amide bonds. The molecule has 0 aromatic rings. The monoisotopic (exact) mass is 118 g/mol. The summed E-state index contributed by atoms with van der Waals surface area (Å²) >= 11 is 0. The van der Waals surface area contributed by atoms with E-state index in [1.165, 1.54) is 5.57 Å². The maximum absolute atomic E-state index is 3.10. The van der Waals surface area contributed by atoms with Crippen LogP contribution in [0.1, 0.15) is 13.3 Å². The Labute approximate surface area is 55.9 Å². The molecule has 0 radical (unpaired) electrons. The Morgan fingerprint density at radius 1 is 1.44 bits per heavy atom. The summed E-state index contributed by atoms with van der Waals surface area (Å²) in [5.74, 6) is 0. The van der Waals surface area contributed by atoms with Crippen molar-refractivity contribution >= 4 is 0 Å². The summed E-state index contributed by atoms with van der Waals surface area (Å²) in [5, 5.41) is 0. The lowest BCUT2D eigenvalue weighted by molar-refractivity contribution is 1.34.